The summed E-state index contributed by atoms with van der Waals surface area (Å²) in [5, 5.41) is 17.1. The molecule has 1 fully saturated rings. The minimum Gasteiger partial charge on any atom is -0.481 e. The Bertz CT molecular complexity index is 1160. The highest BCUT2D eigenvalue weighted by atomic mass is 32.2. The number of carboxylic acid groups (broad SMARTS) is 1. The summed E-state index contributed by atoms with van der Waals surface area (Å²) in [7, 11) is 0. The lowest BCUT2D eigenvalue weighted by atomic mass is 9.68. The molecule has 11 heteroatoms. The van der Waals surface area contributed by atoms with Crippen molar-refractivity contribution in [1.82, 2.24) is 10.6 Å². The maximum absolute atomic E-state index is 13.0. The summed E-state index contributed by atoms with van der Waals surface area (Å²) in [5.41, 5.74) is -2.62. The molecule has 7 nitrogen and oxygen atoms in total. The number of nitrogens with one attached hydrogen (secondary N) is 3. The topological polar surface area (TPSA) is 108 Å². The molecule has 1 atom stereocenters. The largest absolute Gasteiger partial charge is 0.481 e. The second-order valence-electron chi connectivity index (χ2n) is 11.1. The molecule has 1 unspecified atom stereocenters. The number of anilines is 1. The average Bonchev–Trinajstić information content (AvgIpc) is 2.87. The molecule has 3 rings (SSSR count). The summed E-state index contributed by atoms with van der Waals surface area (Å²) in [4.78, 5) is 36.1. The normalized spacial score (nSPS) is 18.4. The van der Waals surface area contributed by atoms with Gasteiger partial charge in [0.05, 0.1) is 12.5 Å². The summed E-state index contributed by atoms with van der Waals surface area (Å²) in [6, 6.07) is 11.5. The summed E-state index contributed by atoms with van der Waals surface area (Å²) in [5.74, 6) is -0.652. The second-order valence-corrected chi connectivity index (χ2v) is 12.3. The Hall–Kier alpha value is -3.21. The molecule has 0 saturated heterocycles. The van der Waals surface area contributed by atoms with Crippen LogP contribution in [-0.2, 0) is 4.79 Å². The van der Waals surface area contributed by atoms with E-state index in [0.29, 0.717) is 17.2 Å². The molecular formula is C29H36F3N3O4S. The maximum atomic E-state index is 13.0. The molecule has 2 aromatic rings. The average molecular weight is 580 g/mol. The third-order valence-electron chi connectivity index (χ3n) is 7.26. The third-order valence-corrected chi connectivity index (χ3v) is 8.00. The zero-order valence-corrected chi connectivity index (χ0v) is 23.6. The number of carbonyl (C=O) groups is 3. The minimum absolute atomic E-state index is 0.0210. The molecule has 0 radical (unpaired) electrons. The van der Waals surface area contributed by atoms with E-state index in [9.17, 15) is 27.6 Å². The van der Waals surface area contributed by atoms with E-state index in [1.165, 1.54) is 24.3 Å². The number of hydrogen-bond donors (Lipinski definition) is 4. The number of rotatable bonds is 9. The Kier molecular flexibility index (Phi) is 10.5. The Balaban J connectivity index is 1.72. The Morgan fingerprint density at radius 1 is 0.950 bits per heavy atom. The number of hydrogen-bond acceptors (Lipinski definition) is 4. The van der Waals surface area contributed by atoms with Gasteiger partial charge in [-0.05, 0) is 96.7 Å². The van der Waals surface area contributed by atoms with E-state index in [1.54, 1.807) is 24.3 Å². The highest BCUT2D eigenvalue weighted by Gasteiger charge is 2.34. The Morgan fingerprint density at radius 2 is 1.55 bits per heavy atom. The van der Waals surface area contributed by atoms with Gasteiger partial charge in [0.25, 0.3) is 5.91 Å². The van der Waals surface area contributed by atoms with Crippen molar-refractivity contribution in [3.63, 3.8) is 0 Å². The van der Waals surface area contributed by atoms with Crippen molar-refractivity contribution in [2.24, 2.45) is 17.3 Å². The molecule has 1 aliphatic rings. The van der Waals surface area contributed by atoms with E-state index in [4.69, 9.17) is 5.11 Å². The first-order chi connectivity index (χ1) is 18.7. The molecule has 1 saturated carbocycles. The third kappa shape index (κ3) is 9.76. The van der Waals surface area contributed by atoms with Crippen LogP contribution < -0.4 is 16.0 Å². The van der Waals surface area contributed by atoms with Crippen molar-refractivity contribution in [2.45, 2.75) is 69.3 Å². The zero-order chi connectivity index (χ0) is 29.5. The number of thioether (sulfide) groups is 1. The molecule has 0 spiro atoms. The lowest BCUT2D eigenvalue weighted by Gasteiger charge is -2.39. The number of alkyl halides is 3. The predicted molar refractivity (Wildman–Crippen MR) is 149 cm³/mol. The Morgan fingerprint density at radius 3 is 2.08 bits per heavy atom. The van der Waals surface area contributed by atoms with Gasteiger partial charge in [-0.2, -0.15) is 13.2 Å². The fraction of sp³-hybridized carbons (Fsp3) is 0.483. The van der Waals surface area contributed by atoms with Crippen molar-refractivity contribution < 1.29 is 32.7 Å². The van der Waals surface area contributed by atoms with Crippen molar-refractivity contribution in [3.8, 4) is 0 Å². The second kappa shape index (κ2) is 13.4. The SMILES string of the molecule is CC(C)(C)C1CCC(C(NC(=O)Nc2ccc(SC(F)(F)F)cc2)c2ccc(C(=O)NCCC(=O)O)cc2)CC1. The number of carboxylic acids is 1. The van der Waals surface area contributed by atoms with E-state index in [2.05, 4.69) is 36.7 Å². The standard InChI is InChI=1S/C29H36F3N3O4S/c1-28(2,3)21-10-8-19(9-11-21)25(18-4-6-20(7-5-18)26(38)33-17-16-24(36)37)35-27(39)34-22-12-14-23(15-13-22)40-29(30,31)32/h4-7,12-15,19,21,25H,8-11,16-17H2,1-3H3,(H,33,38)(H,36,37)(H2,34,35,39). The van der Waals surface area contributed by atoms with Crippen molar-refractivity contribution >= 4 is 35.4 Å². The molecule has 1 aliphatic carbocycles. The number of halogens is 3. The van der Waals surface area contributed by atoms with Crippen molar-refractivity contribution in [2.75, 3.05) is 11.9 Å². The first-order valence-corrected chi connectivity index (χ1v) is 14.1. The molecule has 0 aliphatic heterocycles. The number of carbonyl (C=O) groups excluding carboxylic acids is 2. The van der Waals surface area contributed by atoms with Crippen LogP contribution >= 0.6 is 11.8 Å². The van der Waals surface area contributed by atoms with E-state index in [0.717, 1.165) is 31.2 Å². The van der Waals surface area contributed by atoms with Crippen LogP contribution in [0, 0.1) is 17.3 Å². The minimum atomic E-state index is -4.39. The van der Waals surface area contributed by atoms with Crippen molar-refractivity contribution in [3.05, 3.63) is 59.7 Å². The summed E-state index contributed by atoms with van der Waals surface area (Å²) >= 11 is -0.218. The van der Waals surface area contributed by atoms with Crippen LogP contribution in [-0.4, -0.2) is 35.1 Å². The first-order valence-electron chi connectivity index (χ1n) is 13.2. The first kappa shape index (κ1) is 31.3. The van der Waals surface area contributed by atoms with Gasteiger partial charge in [0, 0.05) is 22.7 Å². The number of benzene rings is 2. The maximum Gasteiger partial charge on any atom is 0.446 e. The van der Waals surface area contributed by atoms with Crippen molar-refractivity contribution in [1.29, 1.82) is 0 Å². The summed E-state index contributed by atoms with van der Waals surface area (Å²) in [6.45, 7) is 6.73. The highest BCUT2D eigenvalue weighted by Crippen LogP contribution is 2.43. The van der Waals surface area contributed by atoms with Gasteiger partial charge in [-0.25, -0.2) is 4.79 Å². The summed E-state index contributed by atoms with van der Waals surface area (Å²) < 4.78 is 37.8. The zero-order valence-electron chi connectivity index (χ0n) is 22.8. The lowest BCUT2D eigenvalue weighted by molar-refractivity contribution is -0.136. The molecular weight excluding hydrogens is 543 g/mol. The van der Waals surface area contributed by atoms with Crippen LogP contribution in [0.15, 0.2) is 53.4 Å². The molecule has 3 amide bonds. The summed E-state index contributed by atoms with van der Waals surface area (Å²) in [6.07, 6.45) is 3.69. The van der Waals surface area contributed by atoms with Crippen LogP contribution in [0.25, 0.3) is 0 Å². The van der Waals surface area contributed by atoms with Gasteiger partial charge in [0.2, 0.25) is 0 Å². The van der Waals surface area contributed by atoms with Gasteiger partial charge in [-0.15, -0.1) is 0 Å². The van der Waals surface area contributed by atoms with Crippen LogP contribution in [0.3, 0.4) is 0 Å². The number of urea groups is 1. The lowest BCUT2D eigenvalue weighted by Crippen LogP contribution is -2.38. The molecule has 0 aromatic heterocycles. The van der Waals surface area contributed by atoms with E-state index >= 15 is 0 Å². The monoisotopic (exact) mass is 579 g/mol. The fourth-order valence-electron chi connectivity index (χ4n) is 5.07. The van der Waals surface area contributed by atoms with E-state index in [-0.39, 0.29) is 52.9 Å². The Labute approximate surface area is 236 Å². The van der Waals surface area contributed by atoms with Crippen LogP contribution in [0.1, 0.15) is 74.8 Å². The quantitative estimate of drug-likeness (QED) is 0.235. The predicted octanol–water partition coefficient (Wildman–Crippen LogP) is 7.22. The number of aliphatic carboxylic acids is 1. The van der Waals surface area contributed by atoms with Gasteiger partial charge in [-0.3, -0.25) is 9.59 Å². The smallest absolute Gasteiger partial charge is 0.446 e. The molecule has 40 heavy (non-hydrogen) atoms. The highest BCUT2D eigenvalue weighted by molar-refractivity contribution is 8.00. The molecule has 218 valence electrons. The fourth-order valence-corrected chi connectivity index (χ4v) is 5.61. The molecule has 2 aromatic carbocycles. The van der Waals surface area contributed by atoms with E-state index < -0.39 is 17.5 Å². The van der Waals surface area contributed by atoms with Gasteiger partial charge >= 0.3 is 17.5 Å². The van der Waals surface area contributed by atoms with Gasteiger partial charge in [0.15, 0.2) is 0 Å². The molecule has 0 heterocycles. The molecule has 4 N–H and O–H groups in total. The van der Waals surface area contributed by atoms with Gasteiger partial charge in [0.1, 0.15) is 0 Å². The van der Waals surface area contributed by atoms with Gasteiger partial charge in [-0.1, -0.05) is 32.9 Å². The van der Waals surface area contributed by atoms with Crippen LogP contribution in [0.4, 0.5) is 23.7 Å². The van der Waals surface area contributed by atoms with E-state index in [1.807, 2.05) is 0 Å². The van der Waals surface area contributed by atoms with Gasteiger partial charge < -0.3 is 21.1 Å². The van der Waals surface area contributed by atoms with Crippen LogP contribution in [0.5, 0.6) is 0 Å². The number of amides is 3. The van der Waals surface area contributed by atoms with Crippen LogP contribution in [0.2, 0.25) is 0 Å². The molecule has 0 bridgehead atoms.